The molecule has 0 aromatic heterocycles. The van der Waals surface area contributed by atoms with Gasteiger partial charge in [0, 0.05) is 27.2 Å². The highest BCUT2D eigenvalue weighted by atomic mass is 32.1. The standard InChI is InChI=1S/C19H23NO9S/c1-10(21)27-14-7-6-13(8-15(14)28-11(2)22)9-16(29-12(3)23)17(24)20-19(4,30)18(25)26-5/h6-8,16,30H,9H2,1-5H3,(H,20,24). The summed E-state index contributed by atoms with van der Waals surface area (Å²) in [5, 5.41) is 2.34. The fourth-order valence-corrected chi connectivity index (χ4v) is 2.53. The Labute approximate surface area is 178 Å². The minimum atomic E-state index is -1.66. The number of nitrogens with one attached hydrogen (secondary N) is 1. The number of carbonyl (C=O) groups is 5. The molecular weight excluding hydrogens is 418 g/mol. The van der Waals surface area contributed by atoms with Crippen LogP contribution in [-0.4, -0.2) is 47.9 Å². The minimum Gasteiger partial charge on any atom is -0.467 e. The normalized spacial score (nSPS) is 13.3. The van der Waals surface area contributed by atoms with Gasteiger partial charge in [0.1, 0.15) is 0 Å². The van der Waals surface area contributed by atoms with Crippen molar-refractivity contribution in [1.29, 1.82) is 0 Å². The topological polar surface area (TPSA) is 134 Å². The summed E-state index contributed by atoms with van der Waals surface area (Å²) in [5.41, 5.74) is 0.419. The van der Waals surface area contributed by atoms with Crippen molar-refractivity contribution in [2.75, 3.05) is 7.11 Å². The maximum atomic E-state index is 12.6. The van der Waals surface area contributed by atoms with Crippen LogP contribution < -0.4 is 14.8 Å². The van der Waals surface area contributed by atoms with Crippen molar-refractivity contribution in [2.24, 2.45) is 0 Å². The number of hydrogen-bond acceptors (Lipinski definition) is 10. The third-order valence-corrected chi connectivity index (χ3v) is 3.78. The van der Waals surface area contributed by atoms with Crippen molar-refractivity contribution in [2.45, 2.75) is 45.1 Å². The van der Waals surface area contributed by atoms with Crippen molar-refractivity contribution in [3.63, 3.8) is 0 Å². The number of esters is 4. The van der Waals surface area contributed by atoms with Gasteiger partial charge in [0.05, 0.1) is 7.11 Å². The maximum Gasteiger partial charge on any atom is 0.341 e. The first-order valence-electron chi connectivity index (χ1n) is 8.65. The summed E-state index contributed by atoms with van der Waals surface area (Å²) in [6.07, 6.45) is -1.46. The van der Waals surface area contributed by atoms with Crippen LogP contribution >= 0.6 is 12.6 Å². The van der Waals surface area contributed by atoms with Crippen LogP contribution in [0.25, 0.3) is 0 Å². The van der Waals surface area contributed by atoms with E-state index >= 15 is 0 Å². The molecule has 2 atom stereocenters. The molecule has 0 heterocycles. The third kappa shape index (κ3) is 7.74. The highest BCUT2D eigenvalue weighted by molar-refractivity contribution is 7.82. The lowest BCUT2D eigenvalue weighted by molar-refractivity contribution is -0.155. The number of benzene rings is 1. The molecule has 0 spiro atoms. The zero-order chi connectivity index (χ0) is 23.1. The Kier molecular flexibility index (Phi) is 8.84. The van der Waals surface area contributed by atoms with Crippen molar-refractivity contribution in [1.82, 2.24) is 5.32 Å². The summed E-state index contributed by atoms with van der Waals surface area (Å²) in [6, 6.07) is 4.23. The first-order chi connectivity index (χ1) is 13.9. The van der Waals surface area contributed by atoms with E-state index in [0.29, 0.717) is 5.56 Å². The van der Waals surface area contributed by atoms with Crippen LogP contribution in [0.2, 0.25) is 0 Å². The molecule has 1 aromatic rings. The van der Waals surface area contributed by atoms with Crippen molar-refractivity contribution < 1.29 is 42.9 Å². The molecule has 10 nitrogen and oxygen atoms in total. The zero-order valence-corrected chi connectivity index (χ0v) is 18.0. The molecule has 0 saturated carbocycles. The van der Waals surface area contributed by atoms with Crippen LogP contribution in [0.15, 0.2) is 18.2 Å². The summed E-state index contributed by atoms with van der Waals surface area (Å²) in [7, 11) is 1.13. The van der Waals surface area contributed by atoms with E-state index in [1.807, 2.05) is 0 Å². The summed E-state index contributed by atoms with van der Waals surface area (Å²) in [6.45, 7) is 4.77. The van der Waals surface area contributed by atoms with Gasteiger partial charge in [0.25, 0.3) is 5.91 Å². The quantitative estimate of drug-likeness (QED) is 0.262. The van der Waals surface area contributed by atoms with E-state index in [9.17, 15) is 24.0 Å². The number of hydrogen-bond donors (Lipinski definition) is 2. The van der Waals surface area contributed by atoms with E-state index in [1.165, 1.54) is 39.0 Å². The van der Waals surface area contributed by atoms with Gasteiger partial charge in [0.15, 0.2) is 22.5 Å². The van der Waals surface area contributed by atoms with Gasteiger partial charge < -0.3 is 24.3 Å². The van der Waals surface area contributed by atoms with Crippen LogP contribution in [0, 0.1) is 0 Å². The zero-order valence-electron chi connectivity index (χ0n) is 17.1. The van der Waals surface area contributed by atoms with Gasteiger partial charge in [-0.05, 0) is 24.6 Å². The molecule has 0 radical (unpaired) electrons. The molecule has 0 fully saturated rings. The molecule has 11 heteroatoms. The van der Waals surface area contributed by atoms with Crippen molar-refractivity contribution >= 4 is 42.4 Å². The second-order valence-corrected chi connectivity index (χ2v) is 7.22. The fourth-order valence-electron chi connectivity index (χ4n) is 2.33. The first kappa shape index (κ1) is 25.0. The monoisotopic (exact) mass is 441 g/mol. The number of methoxy groups -OCH3 is 1. The molecule has 0 aliphatic rings. The molecule has 1 rings (SSSR count). The molecule has 2 unspecified atom stereocenters. The predicted octanol–water partition coefficient (Wildman–Crippen LogP) is 0.947. The Morgan fingerprint density at radius 2 is 1.57 bits per heavy atom. The van der Waals surface area contributed by atoms with Gasteiger partial charge in [0.2, 0.25) is 0 Å². The lowest BCUT2D eigenvalue weighted by atomic mass is 10.1. The van der Waals surface area contributed by atoms with Crippen molar-refractivity contribution in [3.8, 4) is 11.5 Å². The number of amides is 1. The molecular formula is C19H23NO9S. The summed E-state index contributed by atoms with van der Waals surface area (Å²) in [5.74, 6) is -3.67. The van der Waals surface area contributed by atoms with Gasteiger partial charge in [-0.3, -0.25) is 19.2 Å². The summed E-state index contributed by atoms with van der Waals surface area (Å²) < 4.78 is 19.6. The van der Waals surface area contributed by atoms with Gasteiger partial charge in [-0.25, -0.2) is 4.79 Å². The molecule has 0 aliphatic carbocycles. The Morgan fingerprint density at radius 3 is 2.07 bits per heavy atom. The predicted molar refractivity (Wildman–Crippen MR) is 106 cm³/mol. The molecule has 1 N–H and O–H groups in total. The largest absolute Gasteiger partial charge is 0.467 e. The fraction of sp³-hybridized carbons (Fsp3) is 0.421. The van der Waals surface area contributed by atoms with Gasteiger partial charge in [-0.1, -0.05) is 6.07 Å². The van der Waals surface area contributed by atoms with Gasteiger partial charge in [-0.15, -0.1) is 12.6 Å². The lowest BCUT2D eigenvalue weighted by Crippen LogP contribution is -2.52. The minimum absolute atomic E-state index is 0.00330. The summed E-state index contributed by atoms with van der Waals surface area (Å²) in [4.78, 5) is 56.7. The highest BCUT2D eigenvalue weighted by Crippen LogP contribution is 2.29. The average molecular weight is 441 g/mol. The van der Waals surface area contributed by atoms with E-state index in [1.54, 1.807) is 0 Å². The van der Waals surface area contributed by atoms with Crippen LogP contribution in [0.3, 0.4) is 0 Å². The maximum absolute atomic E-state index is 12.6. The summed E-state index contributed by atoms with van der Waals surface area (Å²) >= 11 is 4.06. The Balaban J connectivity index is 3.16. The van der Waals surface area contributed by atoms with E-state index in [2.05, 4.69) is 22.7 Å². The number of carbonyl (C=O) groups excluding carboxylic acids is 5. The smallest absolute Gasteiger partial charge is 0.341 e. The Bertz CT molecular complexity index is 850. The molecule has 30 heavy (non-hydrogen) atoms. The molecule has 164 valence electrons. The van der Waals surface area contributed by atoms with E-state index in [4.69, 9.17) is 14.2 Å². The Hall–Kier alpha value is -3.08. The lowest BCUT2D eigenvalue weighted by Gasteiger charge is -2.25. The SMILES string of the molecule is COC(=O)C(C)(S)NC(=O)C(Cc1ccc(OC(C)=O)c(OC(C)=O)c1)OC(C)=O. The molecule has 1 aromatic carbocycles. The van der Waals surface area contributed by atoms with Crippen LogP contribution in [0.4, 0.5) is 0 Å². The van der Waals surface area contributed by atoms with Gasteiger partial charge >= 0.3 is 23.9 Å². The average Bonchev–Trinajstić information content (AvgIpc) is 2.60. The van der Waals surface area contributed by atoms with Gasteiger partial charge in [-0.2, -0.15) is 0 Å². The number of thiol groups is 1. The number of ether oxygens (including phenoxy) is 4. The third-order valence-electron chi connectivity index (χ3n) is 3.49. The van der Waals surface area contributed by atoms with E-state index in [-0.39, 0.29) is 17.9 Å². The first-order valence-corrected chi connectivity index (χ1v) is 9.10. The van der Waals surface area contributed by atoms with E-state index in [0.717, 1.165) is 14.0 Å². The van der Waals surface area contributed by atoms with Crippen LogP contribution in [-0.2, 0) is 39.9 Å². The van der Waals surface area contributed by atoms with Crippen molar-refractivity contribution in [3.05, 3.63) is 23.8 Å². The second-order valence-electron chi connectivity index (χ2n) is 6.32. The van der Waals surface area contributed by atoms with E-state index < -0.39 is 40.8 Å². The molecule has 0 saturated heterocycles. The molecule has 1 amide bonds. The van der Waals surface area contributed by atoms with Crippen LogP contribution in [0.5, 0.6) is 11.5 Å². The molecule has 0 bridgehead atoms. The highest BCUT2D eigenvalue weighted by Gasteiger charge is 2.35. The number of rotatable bonds is 8. The second kappa shape index (κ2) is 10.6. The Morgan fingerprint density at radius 1 is 1.00 bits per heavy atom. The molecule has 0 aliphatic heterocycles. The van der Waals surface area contributed by atoms with Crippen LogP contribution in [0.1, 0.15) is 33.3 Å².